The molecular weight excluding hydrogens is 204 g/mol. The van der Waals surface area contributed by atoms with E-state index in [9.17, 15) is 4.79 Å². The van der Waals surface area contributed by atoms with Crippen LogP contribution in [0.4, 0.5) is 0 Å². The number of ketones is 1. The molecule has 0 atom stereocenters. The normalized spacial score (nSPS) is 16.5. The summed E-state index contributed by atoms with van der Waals surface area (Å²) in [4.78, 5) is 13.9. The second-order valence-corrected chi connectivity index (χ2v) is 5.43. The first kappa shape index (κ1) is 10.6. The molecule has 1 aliphatic carbocycles. The van der Waals surface area contributed by atoms with Crippen LogP contribution < -0.4 is 0 Å². The molecule has 1 nitrogen and oxygen atoms in total. The summed E-state index contributed by atoms with van der Waals surface area (Å²) >= 11 is 1.59. The van der Waals surface area contributed by atoms with Crippen molar-refractivity contribution in [2.45, 2.75) is 39.0 Å². The van der Waals surface area contributed by atoms with Crippen LogP contribution in [0.15, 0.2) is 23.8 Å². The van der Waals surface area contributed by atoms with Gasteiger partial charge in [-0.1, -0.05) is 12.0 Å². The maximum Gasteiger partial charge on any atom is 0.195 e. The molecule has 1 aromatic heterocycles. The largest absolute Gasteiger partial charge is 0.288 e. The number of carbonyl (C=O) groups is 1. The van der Waals surface area contributed by atoms with Crippen LogP contribution in [0, 0.1) is 6.92 Å². The van der Waals surface area contributed by atoms with Crippen molar-refractivity contribution in [1.82, 2.24) is 0 Å². The van der Waals surface area contributed by atoms with Crippen LogP contribution >= 0.6 is 11.3 Å². The molecule has 0 spiro atoms. The van der Waals surface area contributed by atoms with Gasteiger partial charge in [0.15, 0.2) is 5.78 Å². The molecule has 15 heavy (non-hydrogen) atoms. The number of hydrogen-bond donors (Lipinski definition) is 0. The van der Waals surface area contributed by atoms with E-state index in [-0.39, 0.29) is 5.78 Å². The summed E-state index contributed by atoms with van der Waals surface area (Å²) in [5, 5.41) is 0. The molecule has 2 heteroatoms. The average molecular weight is 220 g/mol. The molecule has 0 bridgehead atoms. The minimum Gasteiger partial charge on any atom is -0.288 e. The highest BCUT2D eigenvalue weighted by atomic mass is 32.1. The van der Waals surface area contributed by atoms with Gasteiger partial charge < -0.3 is 0 Å². The molecule has 1 aromatic rings. The number of allylic oxidation sites excluding steroid dienone is 2. The molecule has 2 rings (SSSR count). The van der Waals surface area contributed by atoms with Gasteiger partial charge in [-0.15, -0.1) is 11.3 Å². The lowest BCUT2D eigenvalue weighted by Crippen LogP contribution is -1.98. The van der Waals surface area contributed by atoms with Crippen LogP contribution in [0.5, 0.6) is 0 Å². The van der Waals surface area contributed by atoms with Crippen LogP contribution in [0.2, 0.25) is 0 Å². The lowest BCUT2D eigenvalue weighted by Gasteiger charge is -2.12. The van der Waals surface area contributed by atoms with Gasteiger partial charge in [-0.25, -0.2) is 0 Å². The van der Waals surface area contributed by atoms with E-state index in [0.717, 1.165) is 17.7 Å². The fourth-order valence-corrected chi connectivity index (χ4v) is 2.75. The van der Waals surface area contributed by atoms with E-state index < -0.39 is 0 Å². The first-order valence-corrected chi connectivity index (χ1v) is 6.37. The van der Waals surface area contributed by atoms with E-state index in [4.69, 9.17) is 0 Å². The SMILES string of the molecule is Cc1ccc(C(=O)C=C2CCCCC2)s1. The summed E-state index contributed by atoms with van der Waals surface area (Å²) in [5.74, 6) is 0.199. The van der Waals surface area contributed by atoms with Gasteiger partial charge in [-0.3, -0.25) is 4.79 Å². The topological polar surface area (TPSA) is 17.1 Å². The zero-order valence-electron chi connectivity index (χ0n) is 9.08. The van der Waals surface area contributed by atoms with Crippen molar-refractivity contribution in [1.29, 1.82) is 0 Å². The standard InChI is InChI=1S/C13H16OS/c1-10-7-8-13(15-10)12(14)9-11-5-3-2-4-6-11/h7-9H,2-6H2,1H3. The van der Waals surface area contributed by atoms with Crippen molar-refractivity contribution >= 4 is 17.1 Å². The highest BCUT2D eigenvalue weighted by molar-refractivity contribution is 7.14. The lowest BCUT2D eigenvalue weighted by molar-refractivity contribution is 0.104. The average Bonchev–Trinajstić information content (AvgIpc) is 2.66. The van der Waals surface area contributed by atoms with Crippen molar-refractivity contribution in [3.05, 3.63) is 33.5 Å². The van der Waals surface area contributed by atoms with Crippen LogP contribution in [0.3, 0.4) is 0 Å². The Morgan fingerprint density at radius 2 is 2.00 bits per heavy atom. The highest BCUT2D eigenvalue weighted by Gasteiger charge is 2.09. The number of hydrogen-bond acceptors (Lipinski definition) is 2. The Balaban J connectivity index is 2.08. The Morgan fingerprint density at radius 1 is 1.27 bits per heavy atom. The van der Waals surface area contributed by atoms with E-state index in [2.05, 4.69) is 0 Å². The predicted octanol–water partition coefficient (Wildman–Crippen LogP) is 4.13. The van der Waals surface area contributed by atoms with Gasteiger partial charge >= 0.3 is 0 Å². The Hall–Kier alpha value is -0.890. The van der Waals surface area contributed by atoms with Gasteiger partial charge in [-0.05, 0) is 50.8 Å². The fourth-order valence-electron chi connectivity index (χ4n) is 1.97. The molecule has 1 aliphatic rings. The minimum atomic E-state index is 0.199. The number of rotatable bonds is 2. The molecule has 0 aliphatic heterocycles. The van der Waals surface area contributed by atoms with Crippen LogP contribution in [0.1, 0.15) is 46.7 Å². The Labute approximate surface area is 94.8 Å². The smallest absolute Gasteiger partial charge is 0.195 e. The van der Waals surface area contributed by atoms with Crippen molar-refractivity contribution in [3.8, 4) is 0 Å². The molecular formula is C13H16OS. The first-order valence-electron chi connectivity index (χ1n) is 5.56. The fraction of sp³-hybridized carbons (Fsp3) is 0.462. The van der Waals surface area contributed by atoms with E-state index >= 15 is 0 Å². The van der Waals surface area contributed by atoms with Gasteiger partial charge in [0.1, 0.15) is 0 Å². The molecule has 0 unspecified atom stereocenters. The molecule has 1 fully saturated rings. The van der Waals surface area contributed by atoms with E-state index in [1.165, 1.54) is 29.7 Å². The van der Waals surface area contributed by atoms with Gasteiger partial charge in [0.25, 0.3) is 0 Å². The number of thiophene rings is 1. The number of carbonyl (C=O) groups excluding carboxylic acids is 1. The summed E-state index contributed by atoms with van der Waals surface area (Å²) < 4.78 is 0. The second-order valence-electron chi connectivity index (χ2n) is 4.14. The van der Waals surface area contributed by atoms with Crippen molar-refractivity contribution in [3.63, 3.8) is 0 Å². The monoisotopic (exact) mass is 220 g/mol. The van der Waals surface area contributed by atoms with Gasteiger partial charge in [0.2, 0.25) is 0 Å². The van der Waals surface area contributed by atoms with Crippen LogP contribution in [0.25, 0.3) is 0 Å². The molecule has 0 N–H and O–H groups in total. The number of aryl methyl sites for hydroxylation is 1. The predicted molar refractivity (Wildman–Crippen MR) is 64.6 cm³/mol. The molecule has 1 heterocycles. The molecule has 0 radical (unpaired) electrons. The molecule has 0 amide bonds. The zero-order valence-corrected chi connectivity index (χ0v) is 9.90. The van der Waals surface area contributed by atoms with E-state index in [0.29, 0.717) is 0 Å². The van der Waals surface area contributed by atoms with E-state index in [1.54, 1.807) is 11.3 Å². The lowest BCUT2D eigenvalue weighted by atomic mass is 9.94. The summed E-state index contributed by atoms with van der Waals surface area (Å²) in [5.41, 5.74) is 1.34. The second kappa shape index (κ2) is 4.75. The summed E-state index contributed by atoms with van der Waals surface area (Å²) in [6.07, 6.45) is 7.94. The Bertz CT molecular complexity index is 379. The third-order valence-electron chi connectivity index (χ3n) is 2.81. The summed E-state index contributed by atoms with van der Waals surface area (Å²) in [6.45, 7) is 2.04. The third kappa shape index (κ3) is 2.78. The van der Waals surface area contributed by atoms with Crippen molar-refractivity contribution < 1.29 is 4.79 Å². The van der Waals surface area contributed by atoms with Crippen molar-refractivity contribution in [2.75, 3.05) is 0 Å². The van der Waals surface area contributed by atoms with Crippen LogP contribution in [-0.2, 0) is 0 Å². The highest BCUT2D eigenvalue weighted by Crippen LogP contribution is 2.24. The van der Waals surface area contributed by atoms with Crippen molar-refractivity contribution in [2.24, 2.45) is 0 Å². The molecule has 80 valence electrons. The molecule has 0 saturated heterocycles. The summed E-state index contributed by atoms with van der Waals surface area (Å²) in [7, 11) is 0. The molecule has 0 aromatic carbocycles. The maximum atomic E-state index is 11.9. The first-order chi connectivity index (χ1) is 7.25. The van der Waals surface area contributed by atoms with E-state index in [1.807, 2.05) is 25.1 Å². The van der Waals surface area contributed by atoms with Gasteiger partial charge in [-0.2, -0.15) is 0 Å². The Kier molecular flexibility index (Phi) is 3.37. The zero-order chi connectivity index (χ0) is 10.7. The van der Waals surface area contributed by atoms with Gasteiger partial charge in [0, 0.05) is 4.88 Å². The van der Waals surface area contributed by atoms with Gasteiger partial charge in [0.05, 0.1) is 4.88 Å². The molecule has 1 saturated carbocycles. The Morgan fingerprint density at radius 3 is 2.60 bits per heavy atom. The maximum absolute atomic E-state index is 11.9. The summed E-state index contributed by atoms with van der Waals surface area (Å²) in [6, 6.07) is 3.94. The third-order valence-corrected chi connectivity index (χ3v) is 3.83. The minimum absolute atomic E-state index is 0.199. The van der Waals surface area contributed by atoms with Crippen LogP contribution in [-0.4, -0.2) is 5.78 Å². The quantitative estimate of drug-likeness (QED) is 0.541.